The molecule has 2 atom stereocenters. The molecule has 1 aliphatic heterocycles. The highest BCUT2D eigenvalue weighted by molar-refractivity contribution is 6.33. The molecule has 2 unspecified atom stereocenters. The molecule has 150 valence electrons. The molecule has 0 bridgehead atoms. The summed E-state index contributed by atoms with van der Waals surface area (Å²) in [6, 6.07) is 18.3. The Bertz CT molecular complexity index is 768. The van der Waals surface area contributed by atoms with E-state index >= 15 is 0 Å². The summed E-state index contributed by atoms with van der Waals surface area (Å²) in [5.41, 5.74) is 2.14. The monoisotopic (exact) mass is 400 g/mol. The van der Waals surface area contributed by atoms with Crippen LogP contribution >= 0.6 is 11.6 Å². The van der Waals surface area contributed by atoms with Crippen molar-refractivity contribution in [2.45, 2.75) is 25.8 Å². The summed E-state index contributed by atoms with van der Waals surface area (Å²) >= 11 is 6.43. The van der Waals surface area contributed by atoms with Gasteiger partial charge in [0, 0.05) is 32.8 Å². The zero-order chi connectivity index (χ0) is 19.9. The number of rotatable bonds is 7. The van der Waals surface area contributed by atoms with Gasteiger partial charge in [0.15, 0.2) is 0 Å². The van der Waals surface area contributed by atoms with Gasteiger partial charge in [-0.05, 0) is 36.5 Å². The average Bonchev–Trinajstić information content (AvgIpc) is 2.70. The number of anilines is 1. The molecule has 4 nitrogen and oxygen atoms in total. The van der Waals surface area contributed by atoms with Crippen molar-refractivity contribution in [3.05, 3.63) is 65.2 Å². The Balaban J connectivity index is 1.69. The van der Waals surface area contributed by atoms with Crippen molar-refractivity contribution in [1.29, 1.82) is 0 Å². The summed E-state index contributed by atoms with van der Waals surface area (Å²) in [7, 11) is 1.55. The van der Waals surface area contributed by atoms with Crippen molar-refractivity contribution in [2.24, 2.45) is 5.92 Å². The van der Waals surface area contributed by atoms with Crippen LogP contribution < -0.4 is 4.90 Å². The number of nitrogens with zero attached hydrogens (tertiary/aromatic N) is 2. The molecule has 1 amide bonds. The molecule has 0 radical (unpaired) electrons. The largest absolute Gasteiger partial charge is 0.375 e. The van der Waals surface area contributed by atoms with E-state index in [-0.39, 0.29) is 18.6 Å². The number of para-hydroxylation sites is 1. The maximum absolute atomic E-state index is 12.9. The van der Waals surface area contributed by atoms with E-state index in [2.05, 4.69) is 42.2 Å². The van der Waals surface area contributed by atoms with Gasteiger partial charge in [0.05, 0.1) is 10.7 Å². The summed E-state index contributed by atoms with van der Waals surface area (Å²) < 4.78 is 5.14. The smallest absolute Gasteiger partial charge is 0.253 e. The molecule has 1 saturated heterocycles. The number of likely N-dealkylation sites (tertiary alicyclic amines) is 1. The summed E-state index contributed by atoms with van der Waals surface area (Å²) in [4.78, 5) is 17.2. The average molecular weight is 401 g/mol. The fraction of sp³-hybridized carbons (Fsp3) is 0.435. The molecule has 0 aliphatic carbocycles. The van der Waals surface area contributed by atoms with Gasteiger partial charge in [0.1, 0.15) is 6.61 Å². The normalized spacial score (nSPS) is 20.1. The Morgan fingerprint density at radius 1 is 1.18 bits per heavy atom. The van der Waals surface area contributed by atoms with Gasteiger partial charge in [0.25, 0.3) is 5.91 Å². The predicted octanol–water partition coefficient (Wildman–Crippen LogP) is 4.27. The van der Waals surface area contributed by atoms with Crippen molar-refractivity contribution < 1.29 is 9.53 Å². The number of methoxy groups -OCH3 is 1. The minimum Gasteiger partial charge on any atom is -0.375 e. The lowest BCUT2D eigenvalue weighted by atomic mass is 9.91. The van der Waals surface area contributed by atoms with Crippen molar-refractivity contribution in [3.63, 3.8) is 0 Å². The molecule has 5 heteroatoms. The minimum absolute atomic E-state index is 0.0369. The number of piperidine rings is 1. The van der Waals surface area contributed by atoms with Gasteiger partial charge >= 0.3 is 0 Å². The molecule has 0 N–H and O–H groups in total. The SMILES string of the molecule is COCC(=O)N(c1ccccc1Cl)C1CCN(CCc2ccccc2)CC1C. The van der Waals surface area contributed by atoms with Gasteiger partial charge in [-0.2, -0.15) is 0 Å². The van der Waals surface area contributed by atoms with Crippen molar-refractivity contribution >= 4 is 23.2 Å². The Labute approximate surface area is 173 Å². The van der Waals surface area contributed by atoms with Gasteiger partial charge < -0.3 is 14.5 Å². The molecule has 1 aliphatic rings. The Kier molecular flexibility index (Phi) is 7.49. The summed E-state index contributed by atoms with van der Waals surface area (Å²) in [5, 5.41) is 0.602. The van der Waals surface area contributed by atoms with Crippen LogP contribution in [0, 0.1) is 5.92 Å². The lowest BCUT2D eigenvalue weighted by Gasteiger charge is -2.43. The predicted molar refractivity (Wildman–Crippen MR) is 115 cm³/mol. The number of ether oxygens (including phenoxy) is 1. The minimum atomic E-state index is -0.0369. The molecule has 1 fully saturated rings. The second-order valence-corrected chi connectivity index (χ2v) is 7.92. The Morgan fingerprint density at radius 3 is 2.57 bits per heavy atom. The lowest BCUT2D eigenvalue weighted by molar-refractivity contribution is -0.123. The van der Waals surface area contributed by atoms with E-state index in [1.807, 2.05) is 29.2 Å². The van der Waals surface area contributed by atoms with Crippen LogP contribution in [-0.4, -0.2) is 50.2 Å². The third-order valence-electron chi connectivity index (χ3n) is 5.48. The first-order chi connectivity index (χ1) is 13.6. The van der Waals surface area contributed by atoms with Crippen LogP contribution in [0.2, 0.25) is 5.02 Å². The fourth-order valence-corrected chi connectivity index (χ4v) is 4.30. The molecule has 0 spiro atoms. The number of halogens is 1. The first-order valence-corrected chi connectivity index (χ1v) is 10.3. The van der Waals surface area contributed by atoms with Crippen LogP contribution in [0.4, 0.5) is 5.69 Å². The fourth-order valence-electron chi connectivity index (χ4n) is 4.08. The van der Waals surface area contributed by atoms with E-state index < -0.39 is 0 Å². The first kappa shape index (κ1) is 20.8. The summed E-state index contributed by atoms with van der Waals surface area (Å²) in [5.74, 6) is 0.312. The number of benzene rings is 2. The van der Waals surface area contributed by atoms with Crippen LogP contribution in [0.15, 0.2) is 54.6 Å². The second-order valence-electron chi connectivity index (χ2n) is 7.52. The number of amides is 1. The van der Waals surface area contributed by atoms with E-state index in [0.717, 1.165) is 38.2 Å². The zero-order valence-corrected chi connectivity index (χ0v) is 17.4. The molecule has 0 saturated carbocycles. The molecule has 28 heavy (non-hydrogen) atoms. The standard InChI is InChI=1S/C23H29ClN2O2/c1-18-16-25(14-12-19-8-4-3-5-9-19)15-13-21(18)26(23(27)17-28-2)22-11-7-6-10-20(22)24/h3-11,18,21H,12-17H2,1-2H3. The summed E-state index contributed by atoms with van der Waals surface area (Å²) in [6.45, 7) is 5.27. The van der Waals surface area contributed by atoms with Crippen LogP contribution in [-0.2, 0) is 16.0 Å². The van der Waals surface area contributed by atoms with Gasteiger partial charge in [-0.1, -0.05) is 61.0 Å². The van der Waals surface area contributed by atoms with Crippen LogP contribution in [0.25, 0.3) is 0 Å². The Morgan fingerprint density at radius 2 is 1.89 bits per heavy atom. The maximum Gasteiger partial charge on any atom is 0.253 e. The highest BCUT2D eigenvalue weighted by Gasteiger charge is 2.34. The van der Waals surface area contributed by atoms with Crippen molar-refractivity contribution in [2.75, 3.05) is 38.3 Å². The first-order valence-electron chi connectivity index (χ1n) is 9.92. The van der Waals surface area contributed by atoms with E-state index in [4.69, 9.17) is 16.3 Å². The molecule has 2 aromatic rings. The van der Waals surface area contributed by atoms with Gasteiger partial charge in [-0.25, -0.2) is 0 Å². The third kappa shape index (κ3) is 5.13. The molecular weight excluding hydrogens is 372 g/mol. The van der Waals surface area contributed by atoms with E-state index in [1.54, 1.807) is 7.11 Å². The Hall–Kier alpha value is -1.88. The van der Waals surface area contributed by atoms with Crippen molar-refractivity contribution in [3.8, 4) is 0 Å². The molecule has 1 heterocycles. The van der Waals surface area contributed by atoms with Gasteiger partial charge in [-0.3, -0.25) is 4.79 Å². The number of hydrogen-bond acceptors (Lipinski definition) is 3. The zero-order valence-electron chi connectivity index (χ0n) is 16.7. The van der Waals surface area contributed by atoms with Crippen LogP contribution in [0.5, 0.6) is 0 Å². The number of hydrogen-bond donors (Lipinski definition) is 0. The third-order valence-corrected chi connectivity index (χ3v) is 5.80. The van der Waals surface area contributed by atoms with Gasteiger partial charge in [-0.15, -0.1) is 0 Å². The van der Waals surface area contributed by atoms with E-state index in [0.29, 0.717) is 10.9 Å². The molecule has 0 aromatic heterocycles. The van der Waals surface area contributed by atoms with E-state index in [9.17, 15) is 4.79 Å². The molecule has 2 aromatic carbocycles. The highest BCUT2D eigenvalue weighted by Crippen LogP contribution is 2.32. The van der Waals surface area contributed by atoms with Crippen LogP contribution in [0.3, 0.4) is 0 Å². The molecule has 3 rings (SSSR count). The van der Waals surface area contributed by atoms with Gasteiger partial charge in [0.2, 0.25) is 0 Å². The number of carbonyl (C=O) groups is 1. The van der Waals surface area contributed by atoms with Crippen LogP contribution in [0.1, 0.15) is 18.9 Å². The summed E-state index contributed by atoms with van der Waals surface area (Å²) in [6.07, 6.45) is 1.98. The topological polar surface area (TPSA) is 32.8 Å². The highest BCUT2D eigenvalue weighted by atomic mass is 35.5. The molecular formula is C23H29ClN2O2. The number of carbonyl (C=O) groups excluding carboxylic acids is 1. The quantitative estimate of drug-likeness (QED) is 0.695. The second kappa shape index (κ2) is 10.1. The lowest BCUT2D eigenvalue weighted by Crippen LogP contribution is -2.53. The maximum atomic E-state index is 12.9. The van der Waals surface area contributed by atoms with E-state index in [1.165, 1.54) is 5.56 Å². The van der Waals surface area contributed by atoms with Crippen molar-refractivity contribution in [1.82, 2.24) is 4.90 Å².